The topological polar surface area (TPSA) is 51.0 Å². The SMILES string of the molecule is Cn1cc(C(=O)N2CCSCC2)nn1. The molecule has 1 aromatic rings. The molecule has 0 atom stereocenters. The Hall–Kier alpha value is -1.04. The summed E-state index contributed by atoms with van der Waals surface area (Å²) in [6.07, 6.45) is 1.66. The fraction of sp³-hybridized carbons (Fsp3) is 0.625. The highest BCUT2D eigenvalue weighted by atomic mass is 32.2. The maximum Gasteiger partial charge on any atom is 0.276 e. The minimum atomic E-state index is -0.00148. The predicted molar refractivity (Wildman–Crippen MR) is 54.2 cm³/mol. The van der Waals surface area contributed by atoms with Gasteiger partial charge in [0.25, 0.3) is 5.91 Å². The van der Waals surface area contributed by atoms with Crippen LogP contribution in [0.2, 0.25) is 0 Å². The van der Waals surface area contributed by atoms with Crippen LogP contribution in [0.4, 0.5) is 0 Å². The molecule has 0 radical (unpaired) electrons. The average Bonchev–Trinajstić information content (AvgIpc) is 2.65. The van der Waals surface area contributed by atoms with E-state index in [0.717, 1.165) is 24.6 Å². The molecule has 0 aromatic carbocycles. The fourth-order valence-electron chi connectivity index (χ4n) is 1.37. The first-order valence-corrected chi connectivity index (χ1v) is 5.66. The molecule has 14 heavy (non-hydrogen) atoms. The fourth-order valence-corrected chi connectivity index (χ4v) is 2.28. The van der Waals surface area contributed by atoms with Crippen molar-refractivity contribution in [2.45, 2.75) is 0 Å². The monoisotopic (exact) mass is 212 g/mol. The molecule has 1 fully saturated rings. The van der Waals surface area contributed by atoms with E-state index in [1.807, 2.05) is 16.7 Å². The quantitative estimate of drug-likeness (QED) is 0.657. The Morgan fingerprint density at radius 2 is 2.21 bits per heavy atom. The summed E-state index contributed by atoms with van der Waals surface area (Å²) in [6, 6.07) is 0. The lowest BCUT2D eigenvalue weighted by Crippen LogP contribution is -2.38. The molecule has 1 aromatic heterocycles. The Morgan fingerprint density at radius 1 is 1.50 bits per heavy atom. The maximum absolute atomic E-state index is 11.8. The van der Waals surface area contributed by atoms with Crippen LogP contribution in [0, 0.1) is 0 Å². The third-order valence-electron chi connectivity index (χ3n) is 2.12. The lowest BCUT2D eigenvalue weighted by Gasteiger charge is -2.25. The lowest BCUT2D eigenvalue weighted by atomic mass is 10.4. The van der Waals surface area contributed by atoms with Crippen LogP contribution in [-0.2, 0) is 7.05 Å². The van der Waals surface area contributed by atoms with Crippen LogP contribution in [-0.4, -0.2) is 50.4 Å². The zero-order valence-electron chi connectivity index (χ0n) is 8.01. The van der Waals surface area contributed by atoms with E-state index in [4.69, 9.17) is 0 Å². The Morgan fingerprint density at radius 3 is 2.79 bits per heavy atom. The molecule has 76 valence electrons. The Kier molecular flexibility index (Phi) is 2.72. The van der Waals surface area contributed by atoms with Crippen LogP contribution in [0.3, 0.4) is 0 Å². The molecule has 1 aliphatic heterocycles. The minimum absolute atomic E-state index is 0.00148. The largest absolute Gasteiger partial charge is 0.336 e. The number of aryl methyl sites for hydroxylation is 1. The summed E-state index contributed by atoms with van der Waals surface area (Å²) in [5, 5.41) is 7.55. The molecule has 0 N–H and O–H groups in total. The van der Waals surface area contributed by atoms with Crippen molar-refractivity contribution in [3.8, 4) is 0 Å². The molecule has 0 saturated carbocycles. The highest BCUT2D eigenvalue weighted by Gasteiger charge is 2.20. The third-order valence-corrected chi connectivity index (χ3v) is 3.06. The number of hydrogen-bond acceptors (Lipinski definition) is 4. The summed E-state index contributed by atoms with van der Waals surface area (Å²) < 4.78 is 1.55. The van der Waals surface area contributed by atoms with Crippen molar-refractivity contribution in [2.75, 3.05) is 24.6 Å². The van der Waals surface area contributed by atoms with Crippen LogP contribution in [0.1, 0.15) is 10.5 Å². The van der Waals surface area contributed by atoms with Gasteiger partial charge in [-0.15, -0.1) is 5.10 Å². The third kappa shape index (κ3) is 1.89. The van der Waals surface area contributed by atoms with Crippen molar-refractivity contribution < 1.29 is 4.79 Å². The van der Waals surface area contributed by atoms with E-state index in [1.165, 1.54) is 0 Å². The molecule has 0 spiro atoms. The number of rotatable bonds is 1. The van der Waals surface area contributed by atoms with E-state index in [2.05, 4.69) is 10.3 Å². The predicted octanol–water partition coefficient (Wildman–Crippen LogP) is 0.00410. The number of hydrogen-bond donors (Lipinski definition) is 0. The minimum Gasteiger partial charge on any atom is -0.336 e. The van der Waals surface area contributed by atoms with E-state index in [9.17, 15) is 4.79 Å². The number of thioether (sulfide) groups is 1. The molecule has 0 bridgehead atoms. The van der Waals surface area contributed by atoms with Crippen molar-refractivity contribution in [3.63, 3.8) is 0 Å². The molecule has 2 heterocycles. The van der Waals surface area contributed by atoms with E-state index in [1.54, 1.807) is 17.9 Å². The molecule has 5 nitrogen and oxygen atoms in total. The van der Waals surface area contributed by atoms with Crippen LogP contribution in [0.25, 0.3) is 0 Å². The smallest absolute Gasteiger partial charge is 0.276 e. The number of nitrogens with zero attached hydrogens (tertiary/aromatic N) is 4. The summed E-state index contributed by atoms with van der Waals surface area (Å²) in [4.78, 5) is 13.6. The number of carbonyl (C=O) groups excluding carboxylic acids is 1. The van der Waals surface area contributed by atoms with Gasteiger partial charge in [0.1, 0.15) is 0 Å². The average molecular weight is 212 g/mol. The van der Waals surface area contributed by atoms with E-state index < -0.39 is 0 Å². The van der Waals surface area contributed by atoms with Crippen molar-refractivity contribution >= 4 is 17.7 Å². The van der Waals surface area contributed by atoms with E-state index in [0.29, 0.717) is 5.69 Å². The first-order chi connectivity index (χ1) is 6.77. The van der Waals surface area contributed by atoms with Gasteiger partial charge >= 0.3 is 0 Å². The number of carbonyl (C=O) groups is 1. The molecule has 0 aliphatic carbocycles. The molecule has 0 unspecified atom stereocenters. The van der Waals surface area contributed by atoms with Crippen LogP contribution in [0.15, 0.2) is 6.20 Å². The van der Waals surface area contributed by atoms with Gasteiger partial charge in [-0.1, -0.05) is 5.21 Å². The van der Waals surface area contributed by atoms with Gasteiger partial charge in [-0.05, 0) is 0 Å². The molecule has 1 aliphatic rings. The van der Waals surface area contributed by atoms with Crippen LogP contribution < -0.4 is 0 Å². The zero-order chi connectivity index (χ0) is 9.97. The summed E-state index contributed by atoms with van der Waals surface area (Å²) in [6.45, 7) is 1.64. The van der Waals surface area contributed by atoms with Crippen molar-refractivity contribution in [3.05, 3.63) is 11.9 Å². The van der Waals surface area contributed by atoms with Crippen LogP contribution in [0.5, 0.6) is 0 Å². The second kappa shape index (κ2) is 4.00. The molecule has 1 saturated heterocycles. The zero-order valence-corrected chi connectivity index (χ0v) is 8.83. The van der Waals surface area contributed by atoms with Gasteiger partial charge in [0.2, 0.25) is 0 Å². The van der Waals surface area contributed by atoms with Gasteiger partial charge in [0.05, 0.1) is 6.20 Å². The van der Waals surface area contributed by atoms with Gasteiger partial charge < -0.3 is 4.90 Å². The Labute approximate surface area is 86.5 Å². The molecular weight excluding hydrogens is 200 g/mol. The standard InChI is InChI=1S/C8H12N4OS/c1-11-6-7(9-10-11)8(13)12-2-4-14-5-3-12/h6H,2-5H2,1H3. The summed E-state index contributed by atoms with van der Waals surface area (Å²) in [5.74, 6) is 2.04. The van der Waals surface area contributed by atoms with Crippen LogP contribution >= 0.6 is 11.8 Å². The van der Waals surface area contributed by atoms with Gasteiger partial charge in [0, 0.05) is 31.6 Å². The van der Waals surface area contributed by atoms with Gasteiger partial charge in [-0.3, -0.25) is 9.48 Å². The highest BCUT2D eigenvalue weighted by molar-refractivity contribution is 7.99. The van der Waals surface area contributed by atoms with Crippen molar-refractivity contribution in [1.29, 1.82) is 0 Å². The number of amides is 1. The first kappa shape index (κ1) is 9.51. The lowest BCUT2D eigenvalue weighted by molar-refractivity contribution is 0.0766. The summed E-state index contributed by atoms with van der Waals surface area (Å²) in [7, 11) is 1.76. The number of aromatic nitrogens is 3. The molecular formula is C8H12N4OS. The second-order valence-electron chi connectivity index (χ2n) is 3.18. The second-order valence-corrected chi connectivity index (χ2v) is 4.41. The van der Waals surface area contributed by atoms with Crippen molar-refractivity contribution in [1.82, 2.24) is 19.9 Å². The summed E-state index contributed by atoms with van der Waals surface area (Å²) in [5.41, 5.74) is 0.444. The Bertz CT molecular complexity index is 332. The van der Waals surface area contributed by atoms with Gasteiger partial charge in [0.15, 0.2) is 5.69 Å². The van der Waals surface area contributed by atoms with Crippen molar-refractivity contribution in [2.24, 2.45) is 7.05 Å². The van der Waals surface area contributed by atoms with Gasteiger partial charge in [-0.2, -0.15) is 11.8 Å². The molecule has 1 amide bonds. The Balaban J connectivity index is 2.07. The highest BCUT2D eigenvalue weighted by Crippen LogP contribution is 2.11. The summed E-state index contributed by atoms with van der Waals surface area (Å²) >= 11 is 1.88. The van der Waals surface area contributed by atoms with Gasteiger partial charge in [-0.25, -0.2) is 0 Å². The normalized spacial score (nSPS) is 17.1. The molecule has 2 rings (SSSR count). The molecule has 6 heteroatoms. The van der Waals surface area contributed by atoms with E-state index >= 15 is 0 Å². The van der Waals surface area contributed by atoms with E-state index in [-0.39, 0.29) is 5.91 Å². The maximum atomic E-state index is 11.8. The first-order valence-electron chi connectivity index (χ1n) is 4.51.